The fourth-order valence-corrected chi connectivity index (χ4v) is 14.5. The molecule has 0 aromatic heterocycles. The second kappa shape index (κ2) is 22.8. The van der Waals surface area contributed by atoms with E-state index in [1.54, 1.807) is 0 Å². The molecule has 0 aromatic rings. The lowest BCUT2D eigenvalue weighted by atomic mass is 9.33. The van der Waals surface area contributed by atoms with Gasteiger partial charge >= 0.3 is 5.97 Å². The largest absolute Gasteiger partial charge is 0.480 e. The zero-order valence-electron chi connectivity index (χ0n) is 44.2. The van der Waals surface area contributed by atoms with Crippen molar-refractivity contribution >= 4 is 35.5 Å². The lowest BCUT2D eigenvalue weighted by Crippen LogP contribution is -2.66. The molecule has 0 aromatic carbocycles. The third kappa shape index (κ3) is 11.7. The van der Waals surface area contributed by atoms with Crippen LogP contribution in [0.15, 0.2) is 11.6 Å². The first kappa shape index (κ1) is 58.2. The van der Waals surface area contributed by atoms with Gasteiger partial charge in [-0.1, -0.05) is 60.1 Å². The first-order chi connectivity index (χ1) is 33.1. The summed E-state index contributed by atoms with van der Waals surface area (Å²) in [4.78, 5) is 82.1. The molecule has 5 aliphatic rings. The standard InChI is InChI=1S/C53H91N7O11/c1-30(62)40(44(67)56-34(14-10-12-26-54)42(65)57-36(29-61)46(69)70)60-45(68)41(31(2)63)59-43(66)35(15-11-13-27-55)58-47(71)53-24-22-48(3,4)28-33(53)32-16-17-38-50(7)20-19-39(64)49(5,6)37(50)18-21-52(38,9)51(32,8)23-25-53/h16,30-31,33-41,61-64H,10-15,17-29,54-55H2,1-9H3,(H,56,67)(H,57,65)(H,58,71)(H,59,66)(H,60,68)(H,69,70)/t30-,31-,33?,34+,35+,36+,37?,38?,39+,40+,41+,50+,51-,52-,53+/m1/s1. The van der Waals surface area contributed by atoms with Gasteiger partial charge in [0.25, 0.3) is 0 Å². The van der Waals surface area contributed by atoms with Crippen LogP contribution in [-0.2, 0) is 28.8 Å². The quantitative estimate of drug-likeness (QED) is 0.0549. The zero-order valence-corrected chi connectivity index (χ0v) is 44.2. The number of amides is 5. The minimum Gasteiger partial charge on any atom is -0.480 e. The molecule has 18 heteroatoms. The van der Waals surface area contributed by atoms with Gasteiger partial charge in [0.15, 0.2) is 0 Å². The van der Waals surface area contributed by atoms with Crippen molar-refractivity contribution < 1.29 is 54.3 Å². The molecular formula is C53H91N7O11. The van der Waals surface area contributed by atoms with Crippen LogP contribution in [0.5, 0.6) is 0 Å². The van der Waals surface area contributed by atoms with E-state index >= 15 is 4.79 Å². The maximum atomic E-state index is 15.3. The predicted molar refractivity (Wildman–Crippen MR) is 269 cm³/mol. The number of aliphatic hydroxyl groups excluding tert-OH is 4. The van der Waals surface area contributed by atoms with Crippen LogP contribution < -0.4 is 38.1 Å². The highest BCUT2D eigenvalue weighted by atomic mass is 16.4. The number of carbonyl (C=O) groups is 6. The Kier molecular flexibility index (Phi) is 18.7. The monoisotopic (exact) mass is 1000 g/mol. The minimum atomic E-state index is -1.70. The van der Waals surface area contributed by atoms with Gasteiger partial charge in [0.1, 0.15) is 30.2 Å². The van der Waals surface area contributed by atoms with Gasteiger partial charge in [-0.2, -0.15) is 0 Å². The molecule has 0 spiro atoms. The summed E-state index contributed by atoms with van der Waals surface area (Å²) in [5.74, 6) is -4.61. The maximum Gasteiger partial charge on any atom is 0.328 e. The summed E-state index contributed by atoms with van der Waals surface area (Å²) in [7, 11) is 0. The van der Waals surface area contributed by atoms with Crippen molar-refractivity contribution in [2.45, 2.75) is 214 Å². The van der Waals surface area contributed by atoms with Gasteiger partial charge in [0.05, 0.1) is 30.3 Å². The predicted octanol–water partition coefficient (Wildman–Crippen LogP) is 2.67. The van der Waals surface area contributed by atoms with E-state index < -0.39 is 84.0 Å². The molecule has 4 fully saturated rings. The van der Waals surface area contributed by atoms with Crippen LogP contribution in [0.3, 0.4) is 0 Å². The Balaban J connectivity index is 1.38. The fraction of sp³-hybridized carbons (Fsp3) is 0.849. The van der Waals surface area contributed by atoms with Crippen molar-refractivity contribution in [1.82, 2.24) is 26.6 Å². The van der Waals surface area contributed by atoms with Crippen molar-refractivity contribution in [2.75, 3.05) is 19.7 Å². The van der Waals surface area contributed by atoms with Crippen LogP contribution in [0.4, 0.5) is 0 Å². The van der Waals surface area contributed by atoms with Gasteiger partial charge < -0.3 is 63.6 Å². The second-order valence-electron chi connectivity index (χ2n) is 24.4. The molecule has 15 atom stereocenters. The Bertz CT molecular complexity index is 1980. The van der Waals surface area contributed by atoms with Crippen LogP contribution in [0.25, 0.3) is 0 Å². The highest BCUT2D eigenvalue weighted by Crippen LogP contribution is 2.75. The molecule has 5 amide bonds. The number of aliphatic hydroxyl groups is 4. The van der Waals surface area contributed by atoms with Crippen molar-refractivity contribution in [3.63, 3.8) is 0 Å². The molecule has 0 heterocycles. The number of carbonyl (C=O) groups excluding carboxylic acids is 5. The Morgan fingerprint density at radius 2 is 1.18 bits per heavy atom. The molecule has 404 valence electrons. The molecule has 5 aliphatic carbocycles. The van der Waals surface area contributed by atoms with E-state index in [2.05, 4.69) is 81.1 Å². The van der Waals surface area contributed by atoms with Crippen LogP contribution in [-0.4, -0.2) is 129 Å². The molecule has 71 heavy (non-hydrogen) atoms. The SMILES string of the molecule is C[C@@H](O)[C@H](NC(=O)[C@H](CCCCN)NC(=O)[C@]12CCC(C)(C)CC1C1=CCC3[C@@]4(C)CC[C@H](O)C(C)(C)C4CC[C@@]3(C)[C@]1(C)CC2)C(=O)N[C@H](C(=O)N[C@@H](CCCCN)C(=O)N[C@@H](CO)C(=O)O)[C@@H](C)O. The van der Waals surface area contributed by atoms with E-state index in [0.29, 0.717) is 56.9 Å². The molecule has 4 saturated carbocycles. The van der Waals surface area contributed by atoms with Gasteiger partial charge in [-0.25, -0.2) is 4.79 Å². The summed E-state index contributed by atoms with van der Waals surface area (Å²) >= 11 is 0. The van der Waals surface area contributed by atoms with E-state index in [9.17, 15) is 49.5 Å². The molecule has 0 aliphatic heterocycles. The summed E-state index contributed by atoms with van der Waals surface area (Å²) < 4.78 is 0. The lowest BCUT2D eigenvalue weighted by Gasteiger charge is -2.71. The highest BCUT2D eigenvalue weighted by Gasteiger charge is 2.69. The summed E-state index contributed by atoms with van der Waals surface area (Å²) in [5, 5.41) is 64.6. The van der Waals surface area contributed by atoms with Gasteiger partial charge in [0.2, 0.25) is 29.5 Å². The maximum absolute atomic E-state index is 15.3. The van der Waals surface area contributed by atoms with Crippen molar-refractivity contribution in [2.24, 2.45) is 61.7 Å². The average molecular weight is 1000 g/mol. The Morgan fingerprint density at radius 1 is 0.662 bits per heavy atom. The van der Waals surface area contributed by atoms with Crippen molar-refractivity contribution in [1.29, 1.82) is 0 Å². The molecule has 18 nitrogen and oxygen atoms in total. The molecule has 5 rings (SSSR count). The third-order valence-electron chi connectivity index (χ3n) is 19.1. The van der Waals surface area contributed by atoms with Crippen LogP contribution in [0.2, 0.25) is 0 Å². The lowest BCUT2D eigenvalue weighted by molar-refractivity contribution is -0.203. The topological polar surface area (TPSA) is 316 Å². The van der Waals surface area contributed by atoms with Gasteiger partial charge in [-0.3, -0.25) is 24.0 Å². The summed E-state index contributed by atoms with van der Waals surface area (Å²) in [6.45, 7) is 18.7. The second-order valence-corrected chi connectivity index (χ2v) is 24.4. The number of aliphatic carboxylic acids is 1. The number of nitrogens with two attached hydrogens (primary N) is 2. The van der Waals surface area contributed by atoms with E-state index in [-0.39, 0.29) is 64.4 Å². The first-order valence-electron chi connectivity index (χ1n) is 26.6. The van der Waals surface area contributed by atoms with E-state index in [1.165, 1.54) is 19.4 Å². The Morgan fingerprint density at radius 3 is 1.73 bits per heavy atom. The van der Waals surface area contributed by atoms with E-state index in [4.69, 9.17) is 11.5 Å². The normalized spacial score (nSPS) is 33.5. The van der Waals surface area contributed by atoms with Crippen molar-refractivity contribution in [3.05, 3.63) is 11.6 Å². The number of allylic oxidation sites excluding steroid dienone is 2. The number of hydrogen-bond donors (Lipinski definition) is 12. The summed E-state index contributed by atoms with van der Waals surface area (Å²) in [5.41, 5.74) is 11.7. The van der Waals surface area contributed by atoms with Crippen LogP contribution >= 0.6 is 0 Å². The summed E-state index contributed by atoms with van der Waals surface area (Å²) in [6, 6.07) is -7.45. The molecule has 0 saturated heterocycles. The fourth-order valence-electron chi connectivity index (χ4n) is 14.5. The molecule has 0 bridgehead atoms. The number of fused-ring (bicyclic) bond motifs is 7. The zero-order chi connectivity index (χ0) is 53.1. The first-order valence-corrected chi connectivity index (χ1v) is 26.6. The number of rotatable bonds is 22. The van der Waals surface area contributed by atoms with Crippen LogP contribution in [0.1, 0.15) is 165 Å². The number of carboxylic acids is 1. The number of hydrogen-bond acceptors (Lipinski definition) is 12. The van der Waals surface area contributed by atoms with Gasteiger partial charge in [-0.15, -0.1) is 0 Å². The summed E-state index contributed by atoms with van der Waals surface area (Å²) in [6.07, 6.45) is 9.75. The van der Waals surface area contributed by atoms with E-state index in [1.807, 2.05) is 0 Å². The van der Waals surface area contributed by atoms with Crippen molar-refractivity contribution in [3.8, 4) is 0 Å². The average Bonchev–Trinajstić information content (AvgIpc) is 3.29. The number of nitrogens with one attached hydrogen (secondary N) is 5. The third-order valence-corrected chi connectivity index (χ3v) is 19.1. The molecule has 14 N–H and O–H groups in total. The smallest absolute Gasteiger partial charge is 0.328 e. The van der Waals surface area contributed by atoms with Gasteiger partial charge in [0, 0.05) is 0 Å². The highest BCUT2D eigenvalue weighted by molar-refractivity contribution is 5.97. The molecule has 0 radical (unpaired) electrons. The Hall–Kier alpha value is -3.68. The van der Waals surface area contributed by atoms with Gasteiger partial charge in [-0.05, 0) is 174 Å². The minimum absolute atomic E-state index is 0.0120. The molecule has 3 unspecified atom stereocenters. The number of carboxylic acid groups (broad SMARTS) is 1. The van der Waals surface area contributed by atoms with Crippen LogP contribution in [0, 0.1) is 50.2 Å². The van der Waals surface area contributed by atoms with E-state index in [0.717, 1.165) is 51.4 Å². The molecular weight excluding hydrogens is 911 g/mol. The number of unbranched alkanes of at least 4 members (excludes halogenated alkanes) is 2. The Labute approximate surface area is 421 Å².